The Morgan fingerprint density at radius 2 is 1.86 bits per heavy atom. The van der Waals surface area contributed by atoms with Crippen LogP contribution in [0.5, 0.6) is 0 Å². The quantitative estimate of drug-likeness (QED) is 0.623. The van der Waals surface area contributed by atoms with E-state index in [1.165, 1.54) is 6.08 Å². The van der Waals surface area contributed by atoms with E-state index in [-0.39, 0.29) is 17.9 Å². The van der Waals surface area contributed by atoms with Crippen molar-refractivity contribution in [2.24, 2.45) is 0 Å². The summed E-state index contributed by atoms with van der Waals surface area (Å²) < 4.78 is 42.1. The van der Waals surface area contributed by atoms with Crippen molar-refractivity contribution in [1.82, 2.24) is 4.90 Å². The van der Waals surface area contributed by atoms with Crippen molar-refractivity contribution in [3.05, 3.63) is 47.1 Å². The molecule has 1 fully saturated rings. The molecular weight excluding hydrogens is 287 g/mol. The highest BCUT2D eigenvalue weighted by Crippen LogP contribution is 2.32. The Kier molecular flexibility index (Phi) is 3.76. The molecule has 1 aliphatic heterocycles. The van der Waals surface area contributed by atoms with E-state index in [1.54, 1.807) is 19.9 Å². The van der Waals surface area contributed by atoms with E-state index in [1.807, 2.05) is 0 Å². The number of nitrogens with zero attached hydrogens (tertiary/aromatic N) is 1. The lowest BCUT2D eigenvalue weighted by atomic mass is 10.1. The van der Waals surface area contributed by atoms with Crippen LogP contribution in [0.1, 0.15) is 25.4 Å². The fourth-order valence-corrected chi connectivity index (χ4v) is 2.13. The molecule has 0 aromatic carbocycles. The first-order chi connectivity index (χ1) is 9.79. The molecule has 1 aromatic heterocycles. The fourth-order valence-electron chi connectivity index (χ4n) is 2.13. The maximum Gasteiger partial charge on any atom is 0.449 e. The third-order valence-electron chi connectivity index (χ3n) is 3.07. The van der Waals surface area contributed by atoms with Crippen molar-refractivity contribution in [1.29, 1.82) is 0 Å². The van der Waals surface area contributed by atoms with Crippen LogP contribution in [0, 0.1) is 0 Å². The number of amides is 1. The highest BCUT2D eigenvalue weighted by atomic mass is 19.4. The third-order valence-corrected chi connectivity index (χ3v) is 3.07. The summed E-state index contributed by atoms with van der Waals surface area (Å²) in [6.07, 6.45) is -1.52. The Morgan fingerprint density at radius 3 is 2.33 bits per heavy atom. The Bertz CT molecular complexity index is 653. The second-order valence-corrected chi connectivity index (χ2v) is 4.36. The van der Waals surface area contributed by atoms with Crippen molar-refractivity contribution >= 4 is 11.7 Å². The second kappa shape index (κ2) is 5.23. The number of hydrogen-bond acceptors (Lipinski definition) is 3. The number of rotatable bonds is 2. The van der Waals surface area contributed by atoms with Crippen LogP contribution in [0.2, 0.25) is 0 Å². The van der Waals surface area contributed by atoms with Crippen molar-refractivity contribution in [3.8, 4) is 0 Å². The van der Waals surface area contributed by atoms with E-state index in [2.05, 4.69) is 4.42 Å². The fraction of sp³-hybridized carbons (Fsp3) is 0.286. The molecule has 4 nitrogen and oxygen atoms in total. The van der Waals surface area contributed by atoms with E-state index in [0.717, 1.165) is 17.0 Å². The number of carbonyl (C=O) groups is 2. The average Bonchev–Trinajstić information content (AvgIpc) is 2.97. The van der Waals surface area contributed by atoms with Crippen LogP contribution >= 0.6 is 0 Å². The molecule has 0 aliphatic carbocycles. The summed E-state index contributed by atoms with van der Waals surface area (Å²) in [6.45, 7) is 3.03. The van der Waals surface area contributed by atoms with Crippen molar-refractivity contribution in [2.45, 2.75) is 26.6 Å². The van der Waals surface area contributed by atoms with Crippen molar-refractivity contribution < 1.29 is 27.2 Å². The molecule has 0 spiro atoms. The minimum absolute atomic E-state index is 0.0415. The lowest BCUT2D eigenvalue weighted by Gasteiger charge is -2.15. The molecule has 21 heavy (non-hydrogen) atoms. The lowest BCUT2D eigenvalue weighted by molar-refractivity contribution is -0.153. The Morgan fingerprint density at radius 1 is 1.19 bits per heavy atom. The van der Waals surface area contributed by atoms with Crippen LogP contribution in [0.25, 0.3) is 0 Å². The molecule has 0 radical (unpaired) electrons. The number of halogens is 3. The summed E-state index contributed by atoms with van der Waals surface area (Å²) in [5.41, 5.74) is 0.613. The SMILES string of the molecule is CC=C1C(=O)C(=O)N(Cc2ccc(C(F)(F)F)o2)C1=CC. The zero-order chi connectivity index (χ0) is 15.8. The number of Topliss-reactive ketones (excluding diaryl/α,β-unsaturated/α-hetero) is 1. The molecule has 7 heteroatoms. The molecule has 1 aliphatic rings. The monoisotopic (exact) mass is 299 g/mol. The number of furan rings is 1. The summed E-state index contributed by atoms with van der Waals surface area (Å²) in [5.74, 6) is -2.63. The van der Waals surface area contributed by atoms with Gasteiger partial charge < -0.3 is 4.42 Å². The van der Waals surface area contributed by atoms with Gasteiger partial charge in [-0.2, -0.15) is 13.2 Å². The van der Waals surface area contributed by atoms with Gasteiger partial charge in [0.15, 0.2) is 0 Å². The Balaban J connectivity index is 2.29. The molecule has 0 atom stereocenters. The Labute approximate surface area is 118 Å². The Hall–Kier alpha value is -2.31. The predicted octanol–water partition coefficient (Wildman–Crippen LogP) is 3.06. The summed E-state index contributed by atoms with van der Waals surface area (Å²) in [7, 11) is 0. The molecule has 0 N–H and O–H groups in total. The molecule has 1 aromatic rings. The lowest BCUT2D eigenvalue weighted by Crippen LogP contribution is -2.25. The molecule has 0 bridgehead atoms. The van der Waals surface area contributed by atoms with Gasteiger partial charge in [-0.3, -0.25) is 14.5 Å². The third kappa shape index (κ3) is 2.63. The highest BCUT2D eigenvalue weighted by molar-refractivity contribution is 6.47. The van der Waals surface area contributed by atoms with Gasteiger partial charge in [0, 0.05) is 5.57 Å². The molecule has 2 heterocycles. The van der Waals surface area contributed by atoms with Crippen LogP contribution in [0.3, 0.4) is 0 Å². The normalized spacial score (nSPS) is 20.1. The molecule has 2 rings (SSSR count). The van der Waals surface area contributed by atoms with Gasteiger partial charge >= 0.3 is 6.18 Å². The van der Waals surface area contributed by atoms with E-state index in [4.69, 9.17) is 0 Å². The predicted molar refractivity (Wildman–Crippen MR) is 66.8 cm³/mol. The first-order valence-corrected chi connectivity index (χ1v) is 6.14. The highest BCUT2D eigenvalue weighted by Gasteiger charge is 2.39. The number of alkyl halides is 3. The van der Waals surface area contributed by atoms with Gasteiger partial charge in [0.1, 0.15) is 5.76 Å². The summed E-state index contributed by atoms with van der Waals surface area (Å²) in [6, 6.07) is 1.94. The standard InChI is InChI=1S/C14H12F3NO3/c1-3-9-10(4-2)18(13(20)12(9)19)7-8-5-6-11(21-8)14(15,16)17/h3-6H,7H2,1-2H3. The maximum absolute atomic E-state index is 12.5. The molecule has 0 saturated carbocycles. The van der Waals surface area contributed by atoms with Gasteiger partial charge in [-0.15, -0.1) is 0 Å². The van der Waals surface area contributed by atoms with Crippen molar-refractivity contribution in [3.63, 3.8) is 0 Å². The number of carbonyl (C=O) groups excluding carboxylic acids is 2. The number of likely N-dealkylation sites (tertiary alicyclic amines) is 1. The van der Waals surface area contributed by atoms with Gasteiger partial charge in [0.2, 0.25) is 5.76 Å². The first-order valence-electron chi connectivity index (χ1n) is 6.14. The smallest absolute Gasteiger partial charge is 0.449 e. The van der Waals surface area contributed by atoms with Crippen LogP contribution in [0.15, 0.2) is 40.0 Å². The van der Waals surface area contributed by atoms with Gasteiger partial charge in [-0.25, -0.2) is 0 Å². The number of ketones is 1. The summed E-state index contributed by atoms with van der Waals surface area (Å²) in [4.78, 5) is 24.8. The summed E-state index contributed by atoms with van der Waals surface area (Å²) in [5, 5.41) is 0. The van der Waals surface area contributed by atoms with Crippen LogP contribution in [0.4, 0.5) is 13.2 Å². The van der Waals surface area contributed by atoms with Crippen LogP contribution in [-0.2, 0) is 22.3 Å². The van der Waals surface area contributed by atoms with Gasteiger partial charge in [-0.05, 0) is 26.0 Å². The number of allylic oxidation sites excluding steroid dienone is 3. The molecule has 0 unspecified atom stereocenters. The van der Waals surface area contributed by atoms with E-state index < -0.39 is 23.6 Å². The van der Waals surface area contributed by atoms with E-state index in [9.17, 15) is 22.8 Å². The van der Waals surface area contributed by atoms with Crippen LogP contribution in [-0.4, -0.2) is 16.6 Å². The summed E-state index contributed by atoms with van der Waals surface area (Å²) >= 11 is 0. The zero-order valence-electron chi connectivity index (χ0n) is 11.3. The van der Waals surface area contributed by atoms with E-state index in [0.29, 0.717) is 5.70 Å². The van der Waals surface area contributed by atoms with Crippen LogP contribution < -0.4 is 0 Å². The number of hydrogen-bond donors (Lipinski definition) is 0. The first kappa shape index (κ1) is 15.1. The largest absolute Gasteiger partial charge is 0.455 e. The second-order valence-electron chi connectivity index (χ2n) is 4.36. The molecular formula is C14H12F3NO3. The zero-order valence-corrected chi connectivity index (χ0v) is 11.3. The van der Waals surface area contributed by atoms with Crippen molar-refractivity contribution in [2.75, 3.05) is 0 Å². The molecule has 112 valence electrons. The van der Waals surface area contributed by atoms with Gasteiger partial charge in [0.05, 0.1) is 12.2 Å². The minimum atomic E-state index is -4.58. The van der Waals surface area contributed by atoms with Gasteiger partial charge in [-0.1, -0.05) is 12.2 Å². The van der Waals surface area contributed by atoms with E-state index >= 15 is 0 Å². The average molecular weight is 299 g/mol. The van der Waals surface area contributed by atoms with Gasteiger partial charge in [0.25, 0.3) is 11.7 Å². The molecule has 1 saturated heterocycles. The minimum Gasteiger partial charge on any atom is -0.455 e. The molecule has 1 amide bonds. The topological polar surface area (TPSA) is 50.5 Å². The maximum atomic E-state index is 12.5.